The second kappa shape index (κ2) is 5.81. The largest absolute Gasteiger partial charge is 0.465 e. The van der Waals surface area contributed by atoms with E-state index in [-0.39, 0.29) is 0 Å². The Bertz CT molecular complexity index is 1150. The number of hydrogen-bond donors (Lipinski definition) is 0. The molecule has 4 rings (SSSR count). The normalized spacial score (nSPS) is 10.7. The fourth-order valence-electron chi connectivity index (χ4n) is 3.23. The zero-order valence-electron chi connectivity index (χ0n) is 13.6. The summed E-state index contributed by atoms with van der Waals surface area (Å²) in [4.78, 5) is 12.5. The molecule has 25 heavy (non-hydrogen) atoms. The van der Waals surface area contributed by atoms with Crippen molar-refractivity contribution in [2.45, 2.75) is 0 Å². The smallest absolute Gasteiger partial charge is 0.340 e. The molecule has 2 heterocycles. The van der Waals surface area contributed by atoms with Gasteiger partial charge < -0.3 is 9.14 Å². The molecule has 0 fully saturated rings. The van der Waals surface area contributed by atoms with E-state index in [9.17, 15) is 10.1 Å². The molecule has 0 bridgehead atoms. The Hall–Kier alpha value is -3.58. The van der Waals surface area contributed by atoms with E-state index in [4.69, 9.17) is 4.74 Å². The monoisotopic (exact) mass is 326 g/mol. The average Bonchev–Trinajstić information content (AvgIpc) is 2.99. The molecule has 0 unspecified atom stereocenters. The van der Waals surface area contributed by atoms with E-state index in [1.807, 2.05) is 66.9 Å². The predicted octanol–water partition coefficient (Wildman–Crippen LogP) is 4.42. The Balaban J connectivity index is 2.21. The van der Waals surface area contributed by atoms with Crippen molar-refractivity contribution in [3.63, 3.8) is 0 Å². The topological polar surface area (TPSA) is 54.5 Å². The molecule has 4 aromatic rings. The van der Waals surface area contributed by atoms with E-state index in [1.165, 1.54) is 7.11 Å². The van der Waals surface area contributed by atoms with Gasteiger partial charge in [0.15, 0.2) is 0 Å². The SMILES string of the molecule is COC(=O)c1c(-c2ccccc2)c(C#N)n2cc3ccccc3cc12. The zero-order chi connectivity index (χ0) is 17.4. The van der Waals surface area contributed by atoms with Gasteiger partial charge in [0, 0.05) is 11.8 Å². The van der Waals surface area contributed by atoms with Crippen molar-refractivity contribution >= 4 is 22.3 Å². The van der Waals surface area contributed by atoms with Gasteiger partial charge in [-0.25, -0.2) is 4.79 Å². The molecule has 2 aromatic heterocycles. The molecule has 0 aliphatic carbocycles. The van der Waals surface area contributed by atoms with Crippen LogP contribution in [-0.4, -0.2) is 17.5 Å². The van der Waals surface area contributed by atoms with Gasteiger partial charge in [-0.3, -0.25) is 0 Å². The number of nitrogens with zero attached hydrogens (tertiary/aromatic N) is 2. The van der Waals surface area contributed by atoms with Crippen LogP contribution in [0.4, 0.5) is 0 Å². The number of esters is 1. The number of carbonyl (C=O) groups excluding carboxylic acids is 1. The standard InChI is InChI=1S/C21H14N2O2/c1-25-21(24)20-17-11-15-9-5-6-10-16(15)13-23(17)18(12-22)19(20)14-7-3-2-4-8-14/h2-11,13H,1H3. The van der Waals surface area contributed by atoms with E-state index >= 15 is 0 Å². The lowest BCUT2D eigenvalue weighted by Crippen LogP contribution is -2.02. The summed E-state index contributed by atoms with van der Waals surface area (Å²) < 4.78 is 6.79. The van der Waals surface area contributed by atoms with Gasteiger partial charge in [0.25, 0.3) is 0 Å². The number of carbonyl (C=O) groups is 1. The van der Waals surface area contributed by atoms with Crippen molar-refractivity contribution in [1.29, 1.82) is 5.26 Å². The minimum absolute atomic E-state index is 0.413. The minimum Gasteiger partial charge on any atom is -0.465 e. The Labute approximate surface area is 144 Å². The summed E-state index contributed by atoms with van der Waals surface area (Å²) in [7, 11) is 1.35. The third kappa shape index (κ3) is 2.26. The van der Waals surface area contributed by atoms with Crippen molar-refractivity contribution < 1.29 is 9.53 Å². The van der Waals surface area contributed by atoms with Crippen LogP contribution in [-0.2, 0) is 4.74 Å². The van der Waals surface area contributed by atoms with E-state index in [2.05, 4.69) is 6.07 Å². The van der Waals surface area contributed by atoms with Crippen LogP contribution >= 0.6 is 0 Å². The van der Waals surface area contributed by atoms with Crippen LogP contribution in [0.15, 0.2) is 66.9 Å². The molecule has 0 N–H and O–H groups in total. The first-order valence-electron chi connectivity index (χ1n) is 7.85. The van der Waals surface area contributed by atoms with Gasteiger partial charge in [-0.1, -0.05) is 54.6 Å². The lowest BCUT2D eigenvalue weighted by Gasteiger charge is -2.04. The number of ether oxygens (including phenoxy) is 1. The summed E-state index contributed by atoms with van der Waals surface area (Å²) in [6.07, 6.45) is 1.89. The van der Waals surface area contributed by atoms with Crippen molar-refractivity contribution in [2.24, 2.45) is 0 Å². The maximum atomic E-state index is 12.5. The lowest BCUT2D eigenvalue weighted by atomic mass is 10.0. The van der Waals surface area contributed by atoms with Gasteiger partial charge in [0.1, 0.15) is 11.8 Å². The lowest BCUT2D eigenvalue weighted by molar-refractivity contribution is 0.0604. The maximum Gasteiger partial charge on any atom is 0.340 e. The molecule has 4 heteroatoms. The minimum atomic E-state index is -0.451. The number of aromatic nitrogens is 1. The third-order valence-electron chi connectivity index (χ3n) is 4.36. The highest BCUT2D eigenvalue weighted by Crippen LogP contribution is 2.35. The van der Waals surface area contributed by atoms with Crippen molar-refractivity contribution in [3.05, 3.63) is 78.1 Å². The zero-order valence-corrected chi connectivity index (χ0v) is 13.6. The molecular formula is C21H14N2O2. The average molecular weight is 326 g/mol. The summed E-state index contributed by atoms with van der Waals surface area (Å²) >= 11 is 0. The Kier molecular flexibility index (Phi) is 3.48. The number of hydrogen-bond acceptors (Lipinski definition) is 3. The molecule has 0 amide bonds. The Morgan fingerprint density at radius 3 is 2.40 bits per heavy atom. The fraction of sp³-hybridized carbons (Fsp3) is 0.0476. The van der Waals surface area contributed by atoms with Crippen molar-refractivity contribution in [3.8, 4) is 17.2 Å². The fourth-order valence-corrected chi connectivity index (χ4v) is 3.23. The van der Waals surface area contributed by atoms with Crippen LogP contribution in [0, 0.1) is 11.3 Å². The quantitative estimate of drug-likeness (QED) is 0.512. The number of fused-ring (bicyclic) bond motifs is 2. The molecule has 0 radical (unpaired) electrons. The molecule has 0 atom stereocenters. The highest BCUT2D eigenvalue weighted by atomic mass is 16.5. The van der Waals surface area contributed by atoms with Crippen LogP contribution in [0.2, 0.25) is 0 Å². The first kappa shape index (κ1) is 15.0. The first-order valence-corrected chi connectivity index (χ1v) is 7.85. The molecule has 0 aliphatic rings. The molecule has 0 spiro atoms. The Morgan fingerprint density at radius 1 is 1.04 bits per heavy atom. The van der Waals surface area contributed by atoms with Gasteiger partial charge >= 0.3 is 5.97 Å². The second-order valence-electron chi connectivity index (χ2n) is 5.73. The molecule has 2 aromatic carbocycles. The number of methoxy groups -OCH3 is 1. The molecule has 0 aliphatic heterocycles. The maximum absolute atomic E-state index is 12.5. The van der Waals surface area contributed by atoms with E-state index in [1.54, 1.807) is 4.40 Å². The van der Waals surface area contributed by atoms with Crippen LogP contribution < -0.4 is 0 Å². The predicted molar refractivity (Wildman–Crippen MR) is 96.4 cm³/mol. The third-order valence-corrected chi connectivity index (χ3v) is 4.36. The highest BCUT2D eigenvalue weighted by Gasteiger charge is 2.25. The Morgan fingerprint density at radius 2 is 1.72 bits per heavy atom. The van der Waals surface area contributed by atoms with Gasteiger partial charge in [0.2, 0.25) is 0 Å². The molecule has 4 nitrogen and oxygen atoms in total. The van der Waals surface area contributed by atoms with Crippen LogP contribution in [0.3, 0.4) is 0 Å². The summed E-state index contributed by atoms with van der Waals surface area (Å²) in [5.74, 6) is -0.451. The van der Waals surface area contributed by atoms with Gasteiger partial charge in [0.05, 0.1) is 18.2 Å². The van der Waals surface area contributed by atoms with E-state index in [0.29, 0.717) is 22.3 Å². The molecule has 0 saturated heterocycles. The number of benzene rings is 2. The summed E-state index contributed by atoms with van der Waals surface area (Å²) in [6.45, 7) is 0. The van der Waals surface area contributed by atoms with Gasteiger partial charge in [-0.2, -0.15) is 5.26 Å². The van der Waals surface area contributed by atoms with Crippen LogP contribution in [0.5, 0.6) is 0 Å². The van der Waals surface area contributed by atoms with E-state index in [0.717, 1.165) is 16.3 Å². The number of pyridine rings is 1. The van der Waals surface area contributed by atoms with Crippen molar-refractivity contribution in [1.82, 2.24) is 4.40 Å². The number of nitriles is 1. The molecular weight excluding hydrogens is 312 g/mol. The van der Waals surface area contributed by atoms with Crippen molar-refractivity contribution in [2.75, 3.05) is 7.11 Å². The van der Waals surface area contributed by atoms with E-state index < -0.39 is 5.97 Å². The van der Waals surface area contributed by atoms with Crippen LogP contribution in [0.25, 0.3) is 27.4 Å². The first-order chi connectivity index (χ1) is 12.2. The molecule has 0 saturated carbocycles. The molecule has 120 valence electrons. The highest BCUT2D eigenvalue weighted by molar-refractivity contribution is 6.08. The summed E-state index contributed by atoms with van der Waals surface area (Å²) in [5, 5.41) is 11.8. The summed E-state index contributed by atoms with van der Waals surface area (Å²) in [6, 6.07) is 21.5. The second-order valence-corrected chi connectivity index (χ2v) is 5.73. The van der Waals surface area contributed by atoms with Crippen LogP contribution in [0.1, 0.15) is 16.1 Å². The number of rotatable bonds is 2. The van der Waals surface area contributed by atoms with Gasteiger partial charge in [-0.05, 0) is 22.4 Å². The van der Waals surface area contributed by atoms with Gasteiger partial charge in [-0.15, -0.1) is 0 Å². The summed E-state index contributed by atoms with van der Waals surface area (Å²) in [5.41, 5.74) is 2.92.